The molecule has 3 N–H and O–H groups in total. The maximum atomic E-state index is 12.4. The number of rotatable bonds is 11. The van der Waals surface area contributed by atoms with E-state index in [1.807, 2.05) is 50.2 Å². The first-order valence-electron chi connectivity index (χ1n) is 11.9. The van der Waals surface area contributed by atoms with Gasteiger partial charge in [-0.15, -0.1) is 0 Å². The van der Waals surface area contributed by atoms with Gasteiger partial charge in [0.05, 0.1) is 6.61 Å². The van der Waals surface area contributed by atoms with E-state index in [-0.39, 0.29) is 31.3 Å². The molecule has 8 nitrogen and oxygen atoms in total. The maximum absolute atomic E-state index is 12.4. The lowest BCUT2D eigenvalue weighted by atomic mass is 10.1. The minimum atomic E-state index is -0.590. The van der Waals surface area contributed by atoms with Gasteiger partial charge >= 0.3 is 6.09 Å². The number of ether oxygens (including phenoxy) is 2. The van der Waals surface area contributed by atoms with Gasteiger partial charge in [0, 0.05) is 31.6 Å². The Labute approximate surface area is 207 Å². The normalized spacial score (nSPS) is 10.9. The van der Waals surface area contributed by atoms with Crippen molar-refractivity contribution in [3.63, 3.8) is 0 Å². The molecular formula is C27H37N3O5. The number of aryl methyl sites for hydroxylation is 2. The third kappa shape index (κ3) is 10.5. The summed E-state index contributed by atoms with van der Waals surface area (Å²) < 4.78 is 11.0. The third-order valence-electron chi connectivity index (χ3n) is 4.99. The SMILES string of the molecule is Cc1cccc(C)c1OCCCC(=O)Nc1ccccc1CNC(=O)CCNC(=O)OC(C)(C)C. The van der Waals surface area contributed by atoms with Crippen LogP contribution in [0.25, 0.3) is 0 Å². The Morgan fingerprint density at radius 1 is 0.857 bits per heavy atom. The predicted octanol–water partition coefficient (Wildman–Crippen LogP) is 4.63. The highest BCUT2D eigenvalue weighted by molar-refractivity contribution is 5.91. The summed E-state index contributed by atoms with van der Waals surface area (Å²) in [6, 6.07) is 13.3. The molecule has 0 atom stereocenters. The lowest BCUT2D eigenvalue weighted by Crippen LogP contribution is -2.35. The minimum Gasteiger partial charge on any atom is -0.493 e. The van der Waals surface area contributed by atoms with Crippen LogP contribution in [0.15, 0.2) is 42.5 Å². The van der Waals surface area contributed by atoms with Crippen LogP contribution < -0.4 is 20.7 Å². The molecule has 190 valence electrons. The van der Waals surface area contributed by atoms with Gasteiger partial charge in [-0.05, 0) is 63.8 Å². The summed E-state index contributed by atoms with van der Waals surface area (Å²) in [7, 11) is 0. The molecule has 0 bridgehead atoms. The van der Waals surface area contributed by atoms with E-state index < -0.39 is 11.7 Å². The fraction of sp³-hybridized carbons (Fsp3) is 0.444. The molecule has 0 saturated carbocycles. The molecule has 0 fully saturated rings. The molecule has 35 heavy (non-hydrogen) atoms. The highest BCUT2D eigenvalue weighted by atomic mass is 16.6. The Morgan fingerprint density at radius 3 is 2.23 bits per heavy atom. The van der Waals surface area contributed by atoms with Crippen LogP contribution in [0.3, 0.4) is 0 Å². The molecule has 0 radical (unpaired) electrons. The Morgan fingerprint density at radius 2 is 1.54 bits per heavy atom. The van der Waals surface area contributed by atoms with Crippen LogP contribution in [0.5, 0.6) is 5.75 Å². The average molecular weight is 484 g/mol. The Hall–Kier alpha value is -3.55. The largest absolute Gasteiger partial charge is 0.493 e. The molecular weight excluding hydrogens is 446 g/mol. The van der Waals surface area contributed by atoms with Gasteiger partial charge in [-0.3, -0.25) is 9.59 Å². The fourth-order valence-corrected chi connectivity index (χ4v) is 3.32. The zero-order valence-electron chi connectivity index (χ0n) is 21.3. The molecule has 2 aromatic rings. The lowest BCUT2D eigenvalue weighted by Gasteiger charge is -2.19. The predicted molar refractivity (Wildman–Crippen MR) is 136 cm³/mol. The zero-order chi connectivity index (χ0) is 25.8. The van der Waals surface area contributed by atoms with Crippen LogP contribution in [0.4, 0.5) is 10.5 Å². The van der Waals surface area contributed by atoms with Gasteiger partial charge in [0.25, 0.3) is 0 Å². The summed E-state index contributed by atoms with van der Waals surface area (Å²) in [5.74, 6) is 0.538. The molecule has 0 heterocycles. The van der Waals surface area contributed by atoms with Crippen molar-refractivity contribution < 1.29 is 23.9 Å². The average Bonchev–Trinajstić information content (AvgIpc) is 2.76. The maximum Gasteiger partial charge on any atom is 0.407 e. The second-order valence-corrected chi connectivity index (χ2v) is 9.33. The van der Waals surface area contributed by atoms with E-state index in [1.165, 1.54) is 0 Å². The van der Waals surface area contributed by atoms with Crippen molar-refractivity contribution in [3.8, 4) is 5.75 Å². The number of benzene rings is 2. The topological polar surface area (TPSA) is 106 Å². The number of nitrogens with one attached hydrogen (secondary N) is 3. The van der Waals surface area contributed by atoms with Gasteiger partial charge in [0.2, 0.25) is 11.8 Å². The second kappa shape index (κ2) is 13.4. The summed E-state index contributed by atoms with van der Waals surface area (Å²) in [6.45, 7) is 10.2. The number of hydrogen-bond acceptors (Lipinski definition) is 5. The Bertz CT molecular complexity index is 994. The molecule has 0 aliphatic carbocycles. The first kappa shape index (κ1) is 27.7. The molecule has 0 unspecified atom stereocenters. The van der Waals surface area contributed by atoms with E-state index in [0.717, 1.165) is 22.4 Å². The number of para-hydroxylation sites is 2. The molecule has 0 spiro atoms. The van der Waals surface area contributed by atoms with Crippen LogP contribution in [-0.2, 0) is 20.9 Å². The minimum absolute atomic E-state index is 0.115. The quantitative estimate of drug-likeness (QED) is 0.404. The lowest BCUT2D eigenvalue weighted by molar-refractivity contribution is -0.121. The molecule has 0 aliphatic rings. The van der Waals surface area contributed by atoms with Crippen molar-refractivity contribution in [1.82, 2.24) is 10.6 Å². The van der Waals surface area contributed by atoms with E-state index in [9.17, 15) is 14.4 Å². The molecule has 0 aromatic heterocycles. The molecule has 8 heteroatoms. The van der Waals surface area contributed by atoms with Crippen LogP contribution in [0, 0.1) is 13.8 Å². The second-order valence-electron chi connectivity index (χ2n) is 9.33. The summed E-state index contributed by atoms with van der Waals surface area (Å²) >= 11 is 0. The number of carbonyl (C=O) groups is 3. The van der Waals surface area contributed by atoms with Crippen molar-refractivity contribution in [2.45, 2.75) is 66.0 Å². The molecule has 2 aromatic carbocycles. The highest BCUT2D eigenvalue weighted by Crippen LogP contribution is 2.22. The monoisotopic (exact) mass is 483 g/mol. The number of hydrogen-bond donors (Lipinski definition) is 3. The standard InChI is InChI=1S/C27H37N3O5/c1-19-10-8-11-20(2)25(19)34-17-9-14-24(32)30-22-13-7-6-12-21(22)18-29-23(31)15-16-28-26(33)35-27(3,4)5/h6-8,10-13H,9,14-18H2,1-5H3,(H,28,33)(H,29,31)(H,30,32). The van der Waals surface area contributed by atoms with Crippen LogP contribution in [-0.4, -0.2) is 36.7 Å². The summed E-state index contributed by atoms with van der Waals surface area (Å²) in [6.07, 6.45) is 0.469. The van der Waals surface area contributed by atoms with E-state index in [4.69, 9.17) is 9.47 Å². The highest BCUT2D eigenvalue weighted by Gasteiger charge is 2.16. The van der Waals surface area contributed by atoms with Crippen LogP contribution in [0.2, 0.25) is 0 Å². The fourth-order valence-electron chi connectivity index (χ4n) is 3.32. The van der Waals surface area contributed by atoms with Crippen molar-refractivity contribution >= 4 is 23.6 Å². The summed E-state index contributed by atoms with van der Waals surface area (Å²) in [5.41, 5.74) is 3.01. The molecule has 0 aliphatic heterocycles. The van der Waals surface area contributed by atoms with Crippen molar-refractivity contribution in [1.29, 1.82) is 0 Å². The van der Waals surface area contributed by atoms with Crippen LogP contribution >= 0.6 is 0 Å². The van der Waals surface area contributed by atoms with E-state index in [2.05, 4.69) is 16.0 Å². The smallest absolute Gasteiger partial charge is 0.407 e. The van der Waals surface area contributed by atoms with Gasteiger partial charge in [0.15, 0.2) is 0 Å². The molecule has 2 rings (SSSR count). The van der Waals surface area contributed by atoms with Gasteiger partial charge in [-0.1, -0.05) is 36.4 Å². The molecule has 0 saturated heterocycles. The number of carbonyl (C=O) groups excluding carboxylic acids is 3. The number of anilines is 1. The van der Waals surface area contributed by atoms with Crippen molar-refractivity contribution in [3.05, 3.63) is 59.2 Å². The Balaban J connectivity index is 1.74. The van der Waals surface area contributed by atoms with E-state index >= 15 is 0 Å². The van der Waals surface area contributed by atoms with Crippen LogP contribution in [0.1, 0.15) is 56.7 Å². The van der Waals surface area contributed by atoms with E-state index in [1.54, 1.807) is 26.8 Å². The first-order chi connectivity index (χ1) is 16.5. The third-order valence-corrected chi connectivity index (χ3v) is 4.99. The van der Waals surface area contributed by atoms with Gasteiger partial charge in [-0.25, -0.2) is 4.79 Å². The van der Waals surface area contributed by atoms with Crippen molar-refractivity contribution in [2.75, 3.05) is 18.5 Å². The number of alkyl carbamates (subject to hydrolysis) is 1. The van der Waals surface area contributed by atoms with Gasteiger partial charge in [0.1, 0.15) is 11.4 Å². The van der Waals surface area contributed by atoms with Gasteiger partial charge < -0.3 is 25.4 Å². The van der Waals surface area contributed by atoms with E-state index in [0.29, 0.717) is 25.1 Å². The van der Waals surface area contributed by atoms with Crippen molar-refractivity contribution in [2.24, 2.45) is 0 Å². The summed E-state index contributed by atoms with van der Waals surface area (Å²) in [4.78, 5) is 36.2. The number of amides is 3. The van der Waals surface area contributed by atoms with Gasteiger partial charge in [-0.2, -0.15) is 0 Å². The Kier molecular flexibility index (Phi) is 10.6. The molecule has 3 amide bonds. The zero-order valence-corrected chi connectivity index (χ0v) is 21.3. The first-order valence-corrected chi connectivity index (χ1v) is 11.9. The summed E-state index contributed by atoms with van der Waals surface area (Å²) in [5, 5.41) is 8.29.